The Hall–Kier alpha value is -0.870. The zero-order valence-corrected chi connectivity index (χ0v) is 9.20. The molecule has 2 atom stereocenters. The highest BCUT2D eigenvalue weighted by atomic mass is 16.5. The fourth-order valence-corrected chi connectivity index (χ4v) is 1.77. The molecule has 15 heavy (non-hydrogen) atoms. The molecule has 0 aromatic rings. The smallest absolute Gasteiger partial charge is 0.243 e. The van der Waals surface area contributed by atoms with E-state index in [-0.39, 0.29) is 12.0 Å². The third-order valence-electron chi connectivity index (χ3n) is 2.69. The Bertz CT molecular complexity index is 212. The molecule has 1 rings (SSSR count). The molecule has 4 nitrogen and oxygen atoms in total. The van der Waals surface area contributed by atoms with E-state index in [4.69, 9.17) is 9.47 Å². The van der Waals surface area contributed by atoms with Gasteiger partial charge < -0.3 is 14.8 Å². The molecule has 1 saturated heterocycles. The first-order valence-electron chi connectivity index (χ1n) is 5.28. The molecule has 2 unspecified atom stereocenters. The normalized spacial score (nSPS) is 23.1. The van der Waals surface area contributed by atoms with Crippen molar-refractivity contribution in [3.05, 3.63) is 12.7 Å². The number of carbonyl (C=O) groups is 1. The first kappa shape index (κ1) is 12.2. The van der Waals surface area contributed by atoms with Crippen molar-refractivity contribution in [1.29, 1.82) is 0 Å². The Morgan fingerprint density at radius 2 is 2.60 bits per heavy atom. The molecule has 1 N–H and O–H groups in total. The second-order valence-corrected chi connectivity index (χ2v) is 3.70. The lowest BCUT2D eigenvalue weighted by molar-refractivity contribution is -0.117. The molecule has 0 spiro atoms. The highest BCUT2D eigenvalue weighted by Gasteiger charge is 2.24. The van der Waals surface area contributed by atoms with Crippen LogP contribution in [0.4, 0.5) is 0 Å². The van der Waals surface area contributed by atoms with Crippen LogP contribution in [-0.4, -0.2) is 38.9 Å². The number of carbonyl (C=O) groups excluding carboxylic acids is 1. The maximum atomic E-state index is 11.0. The summed E-state index contributed by atoms with van der Waals surface area (Å²) in [5.74, 6) is 0.225. The van der Waals surface area contributed by atoms with Crippen LogP contribution < -0.4 is 5.32 Å². The van der Waals surface area contributed by atoms with E-state index in [9.17, 15) is 4.79 Å². The Morgan fingerprint density at radius 1 is 1.80 bits per heavy atom. The first-order valence-corrected chi connectivity index (χ1v) is 5.28. The van der Waals surface area contributed by atoms with Gasteiger partial charge in [0, 0.05) is 26.2 Å². The summed E-state index contributed by atoms with van der Waals surface area (Å²) in [6.45, 7) is 5.49. The largest absolute Gasteiger partial charge is 0.381 e. The topological polar surface area (TPSA) is 47.6 Å². The molecule has 0 aromatic heterocycles. The van der Waals surface area contributed by atoms with E-state index in [0.717, 1.165) is 26.1 Å². The highest BCUT2D eigenvalue weighted by molar-refractivity contribution is 5.86. The van der Waals surface area contributed by atoms with Gasteiger partial charge in [0.05, 0.1) is 12.7 Å². The molecule has 1 fully saturated rings. The van der Waals surface area contributed by atoms with Crippen molar-refractivity contribution in [2.24, 2.45) is 5.92 Å². The third kappa shape index (κ3) is 4.01. The van der Waals surface area contributed by atoms with Gasteiger partial charge in [-0.15, -0.1) is 0 Å². The van der Waals surface area contributed by atoms with Crippen molar-refractivity contribution in [2.45, 2.75) is 18.9 Å². The summed E-state index contributed by atoms with van der Waals surface area (Å²) >= 11 is 0. The maximum Gasteiger partial charge on any atom is 0.243 e. The number of amides is 1. The Balaban J connectivity index is 2.33. The minimum atomic E-state index is -0.159. The zero-order valence-electron chi connectivity index (χ0n) is 9.20. The van der Waals surface area contributed by atoms with Crippen LogP contribution in [0.2, 0.25) is 0 Å². The lowest BCUT2D eigenvalue weighted by atomic mass is 9.96. The molecule has 1 aliphatic heterocycles. The predicted molar refractivity (Wildman–Crippen MR) is 57.5 cm³/mol. The summed E-state index contributed by atoms with van der Waals surface area (Å²) in [6.07, 6.45) is 3.47. The molecule has 86 valence electrons. The summed E-state index contributed by atoms with van der Waals surface area (Å²) in [4.78, 5) is 11.0. The summed E-state index contributed by atoms with van der Waals surface area (Å²) in [5, 5.41) is 2.74. The van der Waals surface area contributed by atoms with Crippen molar-refractivity contribution in [3.63, 3.8) is 0 Å². The van der Waals surface area contributed by atoms with Crippen molar-refractivity contribution >= 4 is 5.91 Å². The van der Waals surface area contributed by atoms with Gasteiger partial charge in [0.1, 0.15) is 0 Å². The van der Waals surface area contributed by atoms with Gasteiger partial charge in [-0.1, -0.05) is 6.58 Å². The molecule has 1 heterocycles. The Labute approximate surface area is 90.6 Å². The maximum absolute atomic E-state index is 11.0. The molecule has 4 heteroatoms. The van der Waals surface area contributed by atoms with Crippen LogP contribution in [0.25, 0.3) is 0 Å². The van der Waals surface area contributed by atoms with E-state index in [1.165, 1.54) is 6.08 Å². The van der Waals surface area contributed by atoms with Gasteiger partial charge in [0.25, 0.3) is 0 Å². The van der Waals surface area contributed by atoms with Crippen LogP contribution >= 0.6 is 0 Å². The second-order valence-electron chi connectivity index (χ2n) is 3.70. The predicted octanol–water partition coefficient (Wildman–Crippen LogP) is 0.730. The highest BCUT2D eigenvalue weighted by Crippen LogP contribution is 2.18. The average Bonchev–Trinajstić information content (AvgIpc) is 2.31. The second kappa shape index (κ2) is 6.58. The van der Waals surface area contributed by atoms with E-state index in [2.05, 4.69) is 11.9 Å². The van der Waals surface area contributed by atoms with Crippen LogP contribution in [0.1, 0.15) is 12.8 Å². The summed E-state index contributed by atoms with van der Waals surface area (Å²) < 4.78 is 10.7. The van der Waals surface area contributed by atoms with E-state index < -0.39 is 0 Å². The van der Waals surface area contributed by atoms with Gasteiger partial charge in [0.2, 0.25) is 5.91 Å². The lowest BCUT2D eigenvalue weighted by Gasteiger charge is -2.29. The molecule has 1 amide bonds. The van der Waals surface area contributed by atoms with Gasteiger partial charge in [-0.05, 0) is 18.9 Å². The summed E-state index contributed by atoms with van der Waals surface area (Å²) in [6, 6.07) is 0. The number of hydrogen-bond acceptors (Lipinski definition) is 3. The first-order chi connectivity index (χ1) is 7.27. The fourth-order valence-electron chi connectivity index (χ4n) is 1.77. The van der Waals surface area contributed by atoms with Gasteiger partial charge in [-0.2, -0.15) is 0 Å². The number of ether oxygens (including phenoxy) is 2. The Morgan fingerprint density at radius 3 is 3.13 bits per heavy atom. The van der Waals surface area contributed by atoms with E-state index >= 15 is 0 Å². The van der Waals surface area contributed by atoms with Crippen LogP contribution in [0, 0.1) is 5.92 Å². The monoisotopic (exact) mass is 213 g/mol. The van der Waals surface area contributed by atoms with E-state index in [0.29, 0.717) is 12.5 Å². The van der Waals surface area contributed by atoms with E-state index in [1.54, 1.807) is 7.11 Å². The number of hydrogen-bond donors (Lipinski definition) is 1. The number of methoxy groups -OCH3 is 1. The lowest BCUT2D eigenvalue weighted by Crippen LogP contribution is -2.40. The van der Waals surface area contributed by atoms with Crippen LogP contribution in [0.5, 0.6) is 0 Å². The van der Waals surface area contributed by atoms with Crippen molar-refractivity contribution in [2.75, 3.05) is 26.9 Å². The molecular formula is C11H19NO3. The Kier molecular flexibility index (Phi) is 5.36. The molecule has 1 aliphatic rings. The van der Waals surface area contributed by atoms with Gasteiger partial charge in [-0.3, -0.25) is 4.79 Å². The third-order valence-corrected chi connectivity index (χ3v) is 2.69. The van der Waals surface area contributed by atoms with Gasteiger partial charge >= 0.3 is 0 Å². The zero-order chi connectivity index (χ0) is 11.1. The average molecular weight is 213 g/mol. The quantitative estimate of drug-likeness (QED) is 0.685. The van der Waals surface area contributed by atoms with Crippen LogP contribution in [-0.2, 0) is 14.3 Å². The van der Waals surface area contributed by atoms with Crippen molar-refractivity contribution in [3.8, 4) is 0 Å². The van der Waals surface area contributed by atoms with Gasteiger partial charge in [0.15, 0.2) is 0 Å². The molecule has 0 saturated carbocycles. The standard InChI is InChI=1S/C11H19NO3/c1-3-11(13)12-7-10(14-2)9-5-4-6-15-8-9/h3,9-10H,1,4-8H2,2H3,(H,12,13). The van der Waals surface area contributed by atoms with Crippen molar-refractivity contribution in [1.82, 2.24) is 5.32 Å². The van der Waals surface area contributed by atoms with Crippen LogP contribution in [0.15, 0.2) is 12.7 Å². The minimum Gasteiger partial charge on any atom is -0.381 e. The molecular weight excluding hydrogens is 194 g/mol. The number of nitrogens with one attached hydrogen (secondary N) is 1. The molecule has 0 bridgehead atoms. The number of rotatable bonds is 5. The molecule has 0 aromatic carbocycles. The summed E-state index contributed by atoms with van der Waals surface area (Å²) in [7, 11) is 1.67. The van der Waals surface area contributed by atoms with Crippen LogP contribution in [0.3, 0.4) is 0 Å². The van der Waals surface area contributed by atoms with E-state index in [1.807, 2.05) is 0 Å². The van der Waals surface area contributed by atoms with Gasteiger partial charge in [-0.25, -0.2) is 0 Å². The minimum absolute atomic E-state index is 0.0363. The molecule has 0 aliphatic carbocycles. The fraction of sp³-hybridized carbons (Fsp3) is 0.727. The SMILES string of the molecule is C=CC(=O)NCC(OC)C1CCCOC1. The summed E-state index contributed by atoms with van der Waals surface area (Å²) in [5.41, 5.74) is 0. The molecule has 0 radical (unpaired) electrons. The van der Waals surface area contributed by atoms with Crippen molar-refractivity contribution < 1.29 is 14.3 Å².